The number of nitrogens with zero attached hydrogens (tertiary/aromatic N) is 2. The fourth-order valence-electron chi connectivity index (χ4n) is 4.06. The third kappa shape index (κ3) is 6.41. The first-order valence-corrected chi connectivity index (χ1v) is 12.1. The van der Waals surface area contributed by atoms with Gasteiger partial charge in [0, 0.05) is 19.5 Å². The van der Waals surface area contributed by atoms with Crippen molar-refractivity contribution in [1.29, 1.82) is 0 Å². The molecular weight excluding hydrogens is 438 g/mol. The SMILES string of the molecule is Cc1ccc(C)c(OCC(=O)NCCc2nc3ccccc3n2CCCOc2ccccc2C)c1. The lowest BCUT2D eigenvalue weighted by molar-refractivity contribution is -0.123. The van der Waals surface area contributed by atoms with Crippen LogP contribution >= 0.6 is 0 Å². The van der Waals surface area contributed by atoms with E-state index in [9.17, 15) is 4.79 Å². The Kier molecular flexibility index (Phi) is 8.03. The van der Waals surface area contributed by atoms with Crippen LogP contribution in [0, 0.1) is 20.8 Å². The van der Waals surface area contributed by atoms with E-state index in [4.69, 9.17) is 14.5 Å². The lowest BCUT2D eigenvalue weighted by Crippen LogP contribution is -2.31. The van der Waals surface area contributed by atoms with Gasteiger partial charge in [-0.2, -0.15) is 0 Å². The lowest BCUT2D eigenvalue weighted by atomic mass is 10.1. The van der Waals surface area contributed by atoms with Crippen LogP contribution in [0.15, 0.2) is 66.7 Å². The van der Waals surface area contributed by atoms with Crippen molar-refractivity contribution in [3.05, 3.63) is 89.2 Å². The molecule has 0 unspecified atom stereocenters. The molecule has 0 spiro atoms. The molecule has 6 nitrogen and oxygen atoms in total. The molecule has 0 saturated carbocycles. The van der Waals surface area contributed by atoms with Gasteiger partial charge in [-0.05, 0) is 68.1 Å². The molecule has 0 aliphatic rings. The number of ether oxygens (including phenoxy) is 2. The zero-order chi connectivity index (χ0) is 24.6. The molecule has 0 saturated heterocycles. The maximum Gasteiger partial charge on any atom is 0.257 e. The molecule has 1 aromatic heterocycles. The van der Waals surface area contributed by atoms with Crippen molar-refractivity contribution in [3.8, 4) is 11.5 Å². The third-order valence-corrected chi connectivity index (χ3v) is 5.98. The van der Waals surface area contributed by atoms with Crippen molar-refractivity contribution >= 4 is 16.9 Å². The molecule has 35 heavy (non-hydrogen) atoms. The molecular formula is C29H33N3O3. The van der Waals surface area contributed by atoms with Crippen LogP contribution in [0.5, 0.6) is 11.5 Å². The van der Waals surface area contributed by atoms with Crippen LogP contribution in [0.1, 0.15) is 28.9 Å². The van der Waals surface area contributed by atoms with Crippen LogP contribution in [0.25, 0.3) is 11.0 Å². The molecule has 0 atom stereocenters. The van der Waals surface area contributed by atoms with Gasteiger partial charge < -0.3 is 19.4 Å². The number of aryl methyl sites for hydroxylation is 4. The summed E-state index contributed by atoms with van der Waals surface area (Å²) in [5.41, 5.74) is 5.33. The largest absolute Gasteiger partial charge is 0.493 e. The minimum Gasteiger partial charge on any atom is -0.493 e. The highest BCUT2D eigenvalue weighted by atomic mass is 16.5. The fraction of sp³-hybridized carbons (Fsp3) is 0.310. The number of hydrogen-bond donors (Lipinski definition) is 1. The second kappa shape index (κ2) is 11.6. The number of amides is 1. The smallest absolute Gasteiger partial charge is 0.257 e. The standard InChI is InChI=1S/C29H33N3O3/c1-21-13-14-23(3)27(19-21)35-20-29(33)30-16-15-28-31-24-10-5-6-11-25(24)32(28)17-8-18-34-26-12-7-4-9-22(26)2/h4-7,9-14,19H,8,15-18,20H2,1-3H3,(H,30,33). The number of benzene rings is 3. The monoisotopic (exact) mass is 471 g/mol. The summed E-state index contributed by atoms with van der Waals surface area (Å²) >= 11 is 0. The topological polar surface area (TPSA) is 65.4 Å². The molecule has 4 rings (SSSR count). The normalized spacial score (nSPS) is 10.9. The average molecular weight is 472 g/mol. The highest BCUT2D eigenvalue weighted by molar-refractivity contribution is 5.78. The van der Waals surface area contributed by atoms with E-state index in [1.165, 1.54) is 0 Å². The van der Waals surface area contributed by atoms with Crippen molar-refractivity contribution in [2.75, 3.05) is 19.8 Å². The van der Waals surface area contributed by atoms with Crippen molar-refractivity contribution in [2.24, 2.45) is 0 Å². The number of fused-ring (bicyclic) bond motifs is 1. The van der Waals surface area contributed by atoms with Crippen molar-refractivity contribution in [3.63, 3.8) is 0 Å². The maximum atomic E-state index is 12.4. The Balaban J connectivity index is 1.31. The Morgan fingerprint density at radius 2 is 1.69 bits per heavy atom. The summed E-state index contributed by atoms with van der Waals surface area (Å²) in [5.74, 6) is 2.49. The Hall–Kier alpha value is -3.80. The van der Waals surface area contributed by atoms with Gasteiger partial charge in [0.25, 0.3) is 5.91 Å². The van der Waals surface area contributed by atoms with Gasteiger partial charge in [-0.25, -0.2) is 4.98 Å². The maximum absolute atomic E-state index is 12.4. The van der Waals surface area contributed by atoms with Gasteiger partial charge in [-0.3, -0.25) is 4.79 Å². The second-order valence-corrected chi connectivity index (χ2v) is 8.79. The highest BCUT2D eigenvalue weighted by Crippen LogP contribution is 2.20. The molecule has 0 aliphatic heterocycles. The number of rotatable bonds is 11. The number of aromatic nitrogens is 2. The van der Waals surface area contributed by atoms with E-state index < -0.39 is 0 Å². The third-order valence-electron chi connectivity index (χ3n) is 5.98. The van der Waals surface area contributed by atoms with E-state index in [0.717, 1.165) is 58.0 Å². The second-order valence-electron chi connectivity index (χ2n) is 8.79. The summed E-state index contributed by atoms with van der Waals surface area (Å²) in [6.45, 7) is 7.96. The van der Waals surface area contributed by atoms with Crippen LogP contribution in [0.4, 0.5) is 0 Å². The van der Waals surface area contributed by atoms with Gasteiger partial charge in [0.05, 0.1) is 17.6 Å². The van der Waals surface area contributed by atoms with Crippen molar-refractivity contribution in [2.45, 2.75) is 40.2 Å². The van der Waals surface area contributed by atoms with E-state index in [0.29, 0.717) is 19.6 Å². The first-order chi connectivity index (χ1) is 17.0. The summed E-state index contributed by atoms with van der Waals surface area (Å²) < 4.78 is 13.9. The first-order valence-electron chi connectivity index (χ1n) is 12.1. The molecule has 0 aliphatic carbocycles. The van der Waals surface area contributed by atoms with Crippen molar-refractivity contribution in [1.82, 2.24) is 14.9 Å². The summed E-state index contributed by atoms with van der Waals surface area (Å²) in [4.78, 5) is 17.2. The summed E-state index contributed by atoms with van der Waals surface area (Å²) in [6.07, 6.45) is 1.50. The molecule has 1 heterocycles. The number of imidazole rings is 1. The average Bonchev–Trinajstić information content (AvgIpc) is 3.20. The lowest BCUT2D eigenvalue weighted by Gasteiger charge is -2.12. The predicted octanol–water partition coefficient (Wildman–Crippen LogP) is 5.17. The van der Waals surface area contributed by atoms with Crippen LogP contribution in [-0.4, -0.2) is 35.2 Å². The summed E-state index contributed by atoms with van der Waals surface area (Å²) in [7, 11) is 0. The minimum atomic E-state index is -0.139. The minimum absolute atomic E-state index is 0.00302. The van der Waals surface area contributed by atoms with Gasteiger partial charge in [-0.15, -0.1) is 0 Å². The van der Waals surface area contributed by atoms with Gasteiger partial charge in [0.1, 0.15) is 17.3 Å². The number of nitrogens with one attached hydrogen (secondary N) is 1. The van der Waals surface area contributed by atoms with Gasteiger partial charge >= 0.3 is 0 Å². The van der Waals surface area contributed by atoms with E-state index in [-0.39, 0.29) is 12.5 Å². The Labute approximate surface area is 206 Å². The molecule has 4 aromatic rings. The number of carbonyl (C=O) groups excluding carboxylic acids is 1. The molecule has 0 bridgehead atoms. The quantitative estimate of drug-likeness (QED) is 0.307. The Morgan fingerprint density at radius 3 is 2.54 bits per heavy atom. The van der Waals surface area contributed by atoms with E-state index in [2.05, 4.69) is 28.9 Å². The van der Waals surface area contributed by atoms with E-state index in [1.54, 1.807) is 0 Å². The molecule has 1 N–H and O–H groups in total. The number of carbonyl (C=O) groups is 1. The number of para-hydroxylation sites is 3. The summed E-state index contributed by atoms with van der Waals surface area (Å²) in [6, 6.07) is 22.2. The van der Waals surface area contributed by atoms with Crippen LogP contribution in [0.3, 0.4) is 0 Å². The van der Waals surface area contributed by atoms with Gasteiger partial charge in [-0.1, -0.05) is 42.5 Å². The van der Waals surface area contributed by atoms with Gasteiger partial charge in [0.15, 0.2) is 6.61 Å². The fourth-order valence-corrected chi connectivity index (χ4v) is 4.06. The number of hydrogen-bond acceptors (Lipinski definition) is 4. The van der Waals surface area contributed by atoms with Crippen LogP contribution in [-0.2, 0) is 17.8 Å². The Morgan fingerprint density at radius 1 is 0.914 bits per heavy atom. The molecule has 182 valence electrons. The zero-order valence-electron chi connectivity index (χ0n) is 20.7. The molecule has 6 heteroatoms. The Bertz CT molecular complexity index is 1300. The summed E-state index contributed by atoms with van der Waals surface area (Å²) in [5, 5.41) is 2.96. The van der Waals surface area contributed by atoms with E-state index >= 15 is 0 Å². The zero-order valence-corrected chi connectivity index (χ0v) is 20.7. The molecule has 0 radical (unpaired) electrons. The first kappa shape index (κ1) is 24.3. The molecule has 1 amide bonds. The van der Waals surface area contributed by atoms with Crippen molar-refractivity contribution < 1.29 is 14.3 Å². The predicted molar refractivity (Wildman–Crippen MR) is 139 cm³/mol. The molecule has 3 aromatic carbocycles. The molecule has 0 fully saturated rings. The van der Waals surface area contributed by atoms with Crippen LogP contribution < -0.4 is 14.8 Å². The van der Waals surface area contributed by atoms with Crippen LogP contribution in [0.2, 0.25) is 0 Å². The van der Waals surface area contributed by atoms with E-state index in [1.807, 2.05) is 68.4 Å². The highest BCUT2D eigenvalue weighted by Gasteiger charge is 2.12. The van der Waals surface area contributed by atoms with Gasteiger partial charge in [0.2, 0.25) is 0 Å².